The van der Waals surface area contributed by atoms with E-state index in [9.17, 15) is 4.79 Å². The molecule has 2 heterocycles. The summed E-state index contributed by atoms with van der Waals surface area (Å²) in [6, 6.07) is 18.8. The minimum atomic E-state index is -0.625. The number of thiophene rings is 1. The summed E-state index contributed by atoms with van der Waals surface area (Å²) in [5.74, 6) is 0.258. The highest BCUT2D eigenvalue weighted by Crippen LogP contribution is 2.38. The van der Waals surface area contributed by atoms with E-state index in [1.807, 2.05) is 19.1 Å². The number of guanidine groups is 1. The average Bonchev–Trinajstić information content (AvgIpc) is 3.04. The van der Waals surface area contributed by atoms with E-state index in [0.29, 0.717) is 6.42 Å². The fraction of sp³-hybridized carbons (Fsp3) is 0.200. The van der Waals surface area contributed by atoms with Crippen LogP contribution in [0, 0.1) is 0 Å². The Morgan fingerprint density at radius 2 is 1.96 bits per heavy atom. The molecule has 0 saturated heterocycles. The maximum absolute atomic E-state index is 12.2. The Hall–Kier alpha value is -2.66. The number of carbonyl (C=O) groups excluding carboxylic acids is 1. The van der Waals surface area contributed by atoms with Crippen molar-refractivity contribution < 1.29 is 4.79 Å². The molecular weight excluding hydrogens is 330 g/mol. The van der Waals surface area contributed by atoms with E-state index in [0.717, 1.165) is 11.1 Å². The Morgan fingerprint density at radius 3 is 2.72 bits per heavy atom. The fourth-order valence-corrected chi connectivity index (χ4v) is 4.27. The third-order valence-corrected chi connectivity index (χ3v) is 5.93. The van der Waals surface area contributed by atoms with Crippen molar-refractivity contribution in [2.24, 2.45) is 10.7 Å². The van der Waals surface area contributed by atoms with E-state index < -0.39 is 5.54 Å². The second kappa shape index (κ2) is 5.70. The number of benzene rings is 2. The molecule has 2 N–H and O–H groups in total. The molecule has 1 amide bonds. The van der Waals surface area contributed by atoms with Crippen LogP contribution in [-0.2, 0) is 10.3 Å². The van der Waals surface area contributed by atoms with Gasteiger partial charge in [-0.2, -0.15) is 0 Å². The third kappa shape index (κ3) is 2.70. The van der Waals surface area contributed by atoms with Gasteiger partial charge in [-0.05, 0) is 41.6 Å². The second-order valence-corrected chi connectivity index (χ2v) is 7.69. The van der Waals surface area contributed by atoms with Gasteiger partial charge in [0.25, 0.3) is 0 Å². The molecule has 1 aliphatic heterocycles. The van der Waals surface area contributed by atoms with Crippen LogP contribution in [0.5, 0.6) is 0 Å². The maximum Gasteiger partial charge on any atom is 0.231 e. The summed E-state index contributed by atoms with van der Waals surface area (Å²) >= 11 is 1.77. The van der Waals surface area contributed by atoms with E-state index in [4.69, 9.17) is 5.73 Å². The largest absolute Gasteiger partial charge is 0.369 e. The number of aliphatic imine (C=N–C) groups is 1. The lowest BCUT2D eigenvalue weighted by molar-refractivity contribution is -0.128. The molecule has 1 aromatic heterocycles. The number of fused-ring (bicyclic) bond motifs is 1. The first-order chi connectivity index (χ1) is 12.0. The summed E-state index contributed by atoms with van der Waals surface area (Å²) in [6.07, 6.45) is 0.320. The fourth-order valence-electron chi connectivity index (χ4n) is 3.21. The Bertz CT molecular complexity index is 974. The van der Waals surface area contributed by atoms with E-state index in [2.05, 4.69) is 47.5 Å². The van der Waals surface area contributed by atoms with Gasteiger partial charge in [0, 0.05) is 16.6 Å². The molecule has 1 atom stereocenters. The standard InChI is InChI=1S/C20H19N3OS/c1-20(12-18(24)23(2)19(21)22-20)15-8-5-7-13(10-15)17-11-14-6-3-4-9-16(14)25-17/h3-11H,12H2,1-2H3,(H2,21,22). The van der Waals surface area contributed by atoms with Gasteiger partial charge in [0.15, 0.2) is 5.96 Å². The van der Waals surface area contributed by atoms with Gasteiger partial charge < -0.3 is 5.73 Å². The summed E-state index contributed by atoms with van der Waals surface area (Å²) < 4.78 is 1.27. The molecule has 4 nitrogen and oxygen atoms in total. The van der Waals surface area contributed by atoms with Crippen molar-refractivity contribution in [3.63, 3.8) is 0 Å². The number of amides is 1. The lowest BCUT2D eigenvalue weighted by Crippen LogP contribution is -2.47. The Kier molecular flexibility index (Phi) is 3.62. The van der Waals surface area contributed by atoms with Crippen molar-refractivity contribution in [3.8, 4) is 10.4 Å². The number of nitrogens with two attached hydrogens (primary N) is 1. The SMILES string of the molecule is CN1C(=O)CC(C)(c2cccc(-c3cc4ccccc4s3)c2)N=C1N. The van der Waals surface area contributed by atoms with Crippen LogP contribution in [0.2, 0.25) is 0 Å². The molecule has 4 rings (SSSR count). The third-order valence-electron chi connectivity index (χ3n) is 4.77. The van der Waals surface area contributed by atoms with Gasteiger partial charge in [0.2, 0.25) is 5.91 Å². The molecule has 0 radical (unpaired) electrons. The molecule has 0 aliphatic carbocycles. The molecule has 0 saturated carbocycles. The topological polar surface area (TPSA) is 58.7 Å². The molecule has 2 aromatic carbocycles. The second-order valence-electron chi connectivity index (χ2n) is 6.60. The molecule has 25 heavy (non-hydrogen) atoms. The predicted molar refractivity (Wildman–Crippen MR) is 104 cm³/mol. The minimum absolute atomic E-state index is 0.0118. The first-order valence-electron chi connectivity index (χ1n) is 8.18. The number of nitrogens with zero attached hydrogens (tertiary/aromatic N) is 2. The summed E-state index contributed by atoms with van der Waals surface area (Å²) in [4.78, 5) is 19.5. The van der Waals surface area contributed by atoms with Crippen LogP contribution in [0.25, 0.3) is 20.5 Å². The van der Waals surface area contributed by atoms with Crippen LogP contribution < -0.4 is 5.73 Å². The van der Waals surface area contributed by atoms with Gasteiger partial charge in [-0.3, -0.25) is 9.69 Å². The molecule has 0 bridgehead atoms. The highest BCUT2D eigenvalue weighted by atomic mass is 32.1. The van der Waals surface area contributed by atoms with Crippen molar-refractivity contribution in [3.05, 3.63) is 60.2 Å². The summed E-state index contributed by atoms with van der Waals surface area (Å²) in [5.41, 5.74) is 7.46. The lowest BCUT2D eigenvalue weighted by atomic mass is 9.86. The van der Waals surface area contributed by atoms with Gasteiger partial charge >= 0.3 is 0 Å². The van der Waals surface area contributed by atoms with E-state index in [-0.39, 0.29) is 11.9 Å². The van der Waals surface area contributed by atoms with Gasteiger partial charge in [0.05, 0.1) is 12.0 Å². The number of rotatable bonds is 2. The van der Waals surface area contributed by atoms with Gasteiger partial charge in [0.1, 0.15) is 0 Å². The van der Waals surface area contributed by atoms with Crippen LogP contribution in [-0.4, -0.2) is 23.8 Å². The van der Waals surface area contributed by atoms with Crippen LogP contribution in [0.4, 0.5) is 0 Å². The van der Waals surface area contributed by atoms with Crippen molar-refractivity contribution in [1.29, 1.82) is 0 Å². The minimum Gasteiger partial charge on any atom is -0.369 e. The summed E-state index contributed by atoms with van der Waals surface area (Å²) in [6.45, 7) is 1.97. The lowest BCUT2D eigenvalue weighted by Gasteiger charge is -2.33. The number of hydrogen-bond donors (Lipinski definition) is 1. The smallest absolute Gasteiger partial charge is 0.231 e. The van der Waals surface area contributed by atoms with Crippen LogP contribution in [0.15, 0.2) is 59.6 Å². The first-order valence-corrected chi connectivity index (χ1v) is 8.99. The highest BCUT2D eigenvalue weighted by Gasteiger charge is 2.36. The van der Waals surface area contributed by atoms with E-state index in [1.54, 1.807) is 18.4 Å². The molecular formula is C20H19N3OS. The number of hydrogen-bond acceptors (Lipinski definition) is 4. The predicted octanol–water partition coefficient (Wildman–Crippen LogP) is 3.96. The zero-order chi connectivity index (χ0) is 17.6. The van der Waals surface area contributed by atoms with Gasteiger partial charge in [-0.25, -0.2) is 4.99 Å². The van der Waals surface area contributed by atoms with Crippen LogP contribution in [0.3, 0.4) is 0 Å². The van der Waals surface area contributed by atoms with Gasteiger partial charge in [-0.1, -0.05) is 36.4 Å². The monoisotopic (exact) mass is 349 g/mol. The summed E-state index contributed by atoms with van der Waals surface area (Å²) in [5, 5.41) is 1.25. The van der Waals surface area contributed by atoms with Crippen LogP contribution in [0.1, 0.15) is 18.9 Å². The zero-order valence-corrected chi connectivity index (χ0v) is 15.0. The van der Waals surface area contributed by atoms with Crippen molar-refractivity contribution in [2.45, 2.75) is 18.9 Å². The first kappa shape index (κ1) is 15.8. The van der Waals surface area contributed by atoms with E-state index >= 15 is 0 Å². The molecule has 1 unspecified atom stereocenters. The molecule has 0 fully saturated rings. The normalized spacial score (nSPS) is 20.8. The average molecular weight is 349 g/mol. The van der Waals surface area contributed by atoms with E-state index in [1.165, 1.54) is 19.9 Å². The zero-order valence-electron chi connectivity index (χ0n) is 14.2. The van der Waals surface area contributed by atoms with Gasteiger partial charge in [-0.15, -0.1) is 11.3 Å². The molecule has 126 valence electrons. The highest BCUT2D eigenvalue weighted by molar-refractivity contribution is 7.22. The Balaban J connectivity index is 1.78. The maximum atomic E-state index is 12.2. The Labute approximate surface area is 150 Å². The Morgan fingerprint density at radius 1 is 1.16 bits per heavy atom. The quantitative estimate of drug-likeness (QED) is 0.761. The van der Waals surface area contributed by atoms with Crippen molar-refractivity contribution in [1.82, 2.24) is 4.90 Å². The molecule has 3 aromatic rings. The summed E-state index contributed by atoms with van der Waals surface area (Å²) in [7, 11) is 1.66. The molecule has 0 spiro atoms. The van der Waals surface area contributed by atoms with Crippen molar-refractivity contribution >= 4 is 33.3 Å². The molecule has 1 aliphatic rings. The van der Waals surface area contributed by atoms with Crippen molar-refractivity contribution in [2.75, 3.05) is 7.05 Å². The molecule has 5 heteroatoms. The number of carbonyl (C=O) groups is 1. The van der Waals surface area contributed by atoms with Crippen LogP contribution >= 0.6 is 11.3 Å².